The van der Waals surface area contributed by atoms with Crippen LogP contribution in [0.3, 0.4) is 0 Å². The summed E-state index contributed by atoms with van der Waals surface area (Å²) in [5.74, 6) is 0.951. The van der Waals surface area contributed by atoms with Crippen LogP contribution >= 0.6 is 0 Å². The maximum Gasteiger partial charge on any atom is 0.227 e. The minimum absolute atomic E-state index is 0.0105. The lowest BCUT2D eigenvalue weighted by atomic mass is 9.84. The molecule has 110 valence electrons. The SMILES string of the molecule is COc1ccccc1CN(C)C(=O)C1CCCCC1N. The number of nitrogens with zero attached hydrogens (tertiary/aromatic N) is 1. The molecule has 4 heteroatoms. The predicted molar refractivity (Wildman–Crippen MR) is 79.4 cm³/mol. The zero-order valence-electron chi connectivity index (χ0n) is 12.3. The van der Waals surface area contributed by atoms with Gasteiger partial charge in [-0.1, -0.05) is 31.0 Å². The number of hydrogen-bond donors (Lipinski definition) is 1. The molecule has 0 spiro atoms. The Morgan fingerprint density at radius 2 is 2.05 bits per heavy atom. The third-order valence-electron chi connectivity index (χ3n) is 4.11. The Bertz CT molecular complexity index is 462. The molecular weight excluding hydrogens is 252 g/mol. The Kier molecular flexibility index (Phi) is 5.01. The first kappa shape index (κ1) is 14.9. The zero-order chi connectivity index (χ0) is 14.5. The van der Waals surface area contributed by atoms with Gasteiger partial charge in [-0.3, -0.25) is 4.79 Å². The van der Waals surface area contributed by atoms with Crippen LogP contribution < -0.4 is 10.5 Å². The first-order valence-corrected chi connectivity index (χ1v) is 7.26. The van der Waals surface area contributed by atoms with Crippen LogP contribution in [0.25, 0.3) is 0 Å². The van der Waals surface area contributed by atoms with Crippen LogP contribution in [0.2, 0.25) is 0 Å². The molecular formula is C16H24N2O2. The van der Waals surface area contributed by atoms with Crippen LogP contribution in [0.4, 0.5) is 0 Å². The summed E-state index contributed by atoms with van der Waals surface area (Å²) >= 11 is 0. The Morgan fingerprint density at radius 3 is 2.75 bits per heavy atom. The van der Waals surface area contributed by atoms with E-state index in [0.29, 0.717) is 6.54 Å². The highest BCUT2D eigenvalue weighted by Gasteiger charge is 2.30. The highest BCUT2D eigenvalue weighted by molar-refractivity contribution is 5.79. The monoisotopic (exact) mass is 276 g/mol. The van der Waals surface area contributed by atoms with Crippen molar-refractivity contribution < 1.29 is 9.53 Å². The molecule has 2 N–H and O–H groups in total. The van der Waals surface area contributed by atoms with E-state index in [4.69, 9.17) is 10.5 Å². The van der Waals surface area contributed by atoms with Gasteiger partial charge in [0.1, 0.15) is 5.75 Å². The van der Waals surface area contributed by atoms with Crippen molar-refractivity contribution in [3.8, 4) is 5.75 Å². The lowest BCUT2D eigenvalue weighted by Crippen LogP contribution is -2.44. The average molecular weight is 276 g/mol. The minimum Gasteiger partial charge on any atom is -0.496 e. The second-order valence-electron chi connectivity index (χ2n) is 5.56. The van der Waals surface area contributed by atoms with E-state index in [0.717, 1.165) is 37.0 Å². The van der Waals surface area contributed by atoms with Gasteiger partial charge in [0, 0.05) is 25.2 Å². The molecule has 0 aliphatic heterocycles. The van der Waals surface area contributed by atoms with Crippen molar-refractivity contribution in [1.29, 1.82) is 0 Å². The highest BCUT2D eigenvalue weighted by atomic mass is 16.5. The number of amides is 1. The van der Waals surface area contributed by atoms with E-state index in [9.17, 15) is 4.79 Å². The third kappa shape index (κ3) is 3.31. The Morgan fingerprint density at radius 1 is 1.35 bits per heavy atom. The highest BCUT2D eigenvalue weighted by Crippen LogP contribution is 2.26. The van der Waals surface area contributed by atoms with E-state index in [1.54, 1.807) is 12.0 Å². The summed E-state index contributed by atoms with van der Waals surface area (Å²) in [5.41, 5.74) is 7.12. The van der Waals surface area contributed by atoms with E-state index < -0.39 is 0 Å². The van der Waals surface area contributed by atoms with Gasteiger partial charge in [-0.25, -0.2) is 0 Å². The summed E-state index contributed by atoms with van der Waals surface area (Å²) < 4.78 is 5.33. The van der Waals surface area contributed by atoms with Crippen LogP contribution in [-0.2, 0) is 11.3 Å². The number of ether oxygens (including phenoxy) is 1. The number of para-hydroxylation sites is 1. The molecule has 1 saturated carbocycles. The summed E-state index contributed by atoms with van der Waals surface area (Å²) in [6, 6.07) is 7.81. The second kappa shape index (κ2) is 6.75. The van der Waals surface area contributed by atoms with Crippen LogP contribution in [0.15, 0.2) is 24.3 Å². The van der Waals surface area contributed by atoms with E-state index in [2.05, 4.69) is 0 Å². The number of hydrogen-bond acceptors (Lipinski definition) is 3. The van der Waals surface area contributed by atoms with Gasteiger partial charge in [0.15, 0.2) is 0 Å². The van der Waals surface area contributed by atoms with Crippen molar-refractivity contribution in [2.45, 2.75) is 38.3 Å². The first-order valence-electron chi connectivity index (χ1n) is 7.26. The second-order valence-corrected chi connectivity index (χ2v) is 5.56. The largest absolute Gasteiger partial charge is 0.496 e. The number of carbonyl (C=O) groups excluding carboxylic acids is 1. The normalized spacial score (nSPS) is 22.4. The number of methoxy groups -OCH3 is 1. The molecule has 0 aromatic heterocycles. The molecule has 4 nitrogen and oxygen atoms in total. The molecule has 0 radical (unpaired) electrons. The number of benzene rings is 1. The molecule has 2 atom stereocenters. The molecule has 2 rings (SSSR count). The molecule has 0 heterocycles. The minimum atomic E-state index is -0.0246. The quantitative estimate of drug-likeness (QED) is 0.917. The molecule has 1 aromatic carbocycles. The predicted octanol–water partition coefficient (Wildman–Crippen LogP) is 2.17. The van der Waals surface area contributed by atoms with E-state index in [1.165, 1.54) is 0 Å². The van der Waals surface area contributed by atoms with Crippen LogP contribution in [0.1, 0.15) is 31.2 Å². The molecule has 0 bridgehead atoms. The van der Waals surface area contributed by atoms with Gasteiger partial charge in [0.05, 0.1) is 13.0 Å². The van der Waals surface area contributed by atoms with Crippen LogP contribution in [0, 0.1) is 5.92 Å². The number of rotatable bonds is 4. The Hall–Kier alpha value is -1.55. The smallest absolute Gasteiger partial charge is 0.227 e. The molecule has 20 heavy (non-hydrogen) atoms. The van der Waals surface area contributed by atoms with Gasteiger partial charge in [-0.2, -0.15) is 0 Å². The maximum atomic E-state index is 12.5. The van der Waals surface area contributed by atoms with Gasteiger partial charge < -0.3 is 15.4 Å². The van der Waals surface area contributed by atoms with Crippen molar-refractivity contribution >= 4 is 5.91 Å². The van der Waals surface area contributed by atoms with E-state index in [1.807, 2.05) is 31.3 Å². The Balaban J connectivity index is 2.03. The summed E-state index contributed by atoms with van der Waals surface area (Å²) in [4.78, 5) is 14.3. The van der Waals surface area contributed by atoms with Crippen molar-refractivity contribution in [3.05, 3.63) is 29.8 Å². The molecule has 2 unspecified atom stereocenters. The lowest BCUT2D eigenvalue weighted by Gasteiger charge is -2.31. The lowest BCUT2D eigenvalue weighted by molar-refractivity contribution is -0.136. The molecule has 1 aliphatic carbocycles. The fourth-order valence-electron chi connectivity index (χ4n) is 2.92. The van der Waals surface area contributed by atoms with Gasteiger partial charge in [0.25, 0.3) is 0 Å². The van der Waals surface area contributed by atoms with E-state index >= 15 is 0 Å². The molecule has 1 aliphatic rings. The fraction of sp³-hybridized carbons (Fsp3) is 0.562. The van der Waals surface area contributed by atoms with Gasteiger partial charge in [0.2, 0.25) is 5.91 Å². The number of carbonyl (C=O) groups is 1. The van der Waals surface area contributed by atoms with Crippen molar-refractivity contribution in [2.75, 3.05) is 14.2 Å². The maximum absolute atomic E-state index is 12.5. The summed E-state index contributed by atoms with van der Waals surface area (Å²) in [6.07, 6.45) is 4.11. The van der Waals surface area contributed by atoms with Gasteiger partial charge >= 0.3 is 0 Å². The molecule has 1 fully saturated rings. The van der Waals surface area contributed by atoms with Gasteiger partial charge in [-0.15, -0.1) is 0 Å². The molecule has 1 amide bonds. The standard InChI is InChI=1S/C16H24N2O2/c1-18(11-12-7-3-6-10-15(12)20-2)16(19)13-8-4-5-9-14(13)17/h3,6-7,10,13-14H,4-5,8-9,11,17H2,1-2H3. The topological polar surface area (TPSA) is 55.6 Å². The van der Waals surface area contributed by atoms with E-state index in [-0.39, 0.29) is 17.9 Å². The van der Waals surface area contributed by atoms with Crippen molar-refractivity contribution in [2.24, 2.45) is 11.7 Å². The van der Waals surface area contributed by atoms with Crippen LogP contribution in [-0.4, -0.2) is 31.0 Å². The Labute approximate surface area is 120 Å². The number of nitrogens with two attached hydrogens (primary N) is 1. The summed E-state index contributed by atoms with van der Waals surface area (Å²) in [7, 11) is 3.49. The molecule has 0 saturated heterocycles. The fourth-order valence-corrected chi connectivity index (χ4v) is 2.92. The molecule has 1 aromatic rings. The first-order chi connectivity index (χ1) is 9.63. The summed E-state index contributed by atoms with van der Waals surface area (Å²) in [5, 5.41) is 0. The van der Waals surface area contributed by atoms with Crippen molar-refractivity contribution in [3.63, 3.8) is 0 Å². The average Bonchev–Trinajstić information content (AvgIpc) is 2.47. The van der Waals surface area contributed by atoms with Crippen LogP contribution in [0.5, 0.6) is 5.75 Å². The zero-order valence-corrected chi connectivity index (χ0v) is 12.3. The van der Waals surface area contributed by atoms with Crippen molar-refractivity contribution in [1.82, 2.24) is 4.90 Å². The van der Waals surface area contributed by atoms with Gasteiger partial charge in [-0.05, 0) is 18.9 Å². The third-order valence-corrected chi connectivity index (χ3v) is 4.11. The summed E-state index contributed by atoms with van der Waals surface area (Å²) in [6.45, 7) is 0.562.